The van der Waals surface area contributed by atoms with Gasteiger partial charge in [-0.15, -0.1) is 11.3 Å². The van der Waals surface area contributed by atoms with Crippen LogP contribution < -0.4 is 5.32 Å². The van der Waals surface area contributed by atoms with E-state index in [1.54, 1.807) is 0 Å². The van der Waals surface area contributed by atoms with Crippen molar-refractivity contribution in [3.05, 3.63) is 16.1 Å². The van der Waals surface area contributed by atoms with Crippen LogP contribution in [0.4, 0.5) is 0 Å². The van der Waals surface area contributed by atoms with Gasteiger partial charge in [0.15, 0.2) is 0 Å². The molecule has 2 aliphatic rings. The highest BCUT2D eigenvalue weighted by atomic mass is 32.1. The van der Waals surface area contributed by atoms with Gasteiger partial charge in [0.1, 0.15) is 5.01 Å². The van der Waals surface area contributed by atoms with E-state index in [2.05, 4.69) is 45.3 Å². The average molecular weight is 307 g/mol. The van der Waals surface area contributed by atoms with Crippen molar-refractivity contribution in [3.8, 4) is 0 Å². The summed E-state index contributed by atoms with van der Waals surface area (Å²) in [7, 11) is 0. The average Bonchev–Trinajstić information content (AvgIpc) is 3.04. The fourth-order valence-corrected chi connectivity index (χ4v) is 5.12. The molecule has 118 valence electrons. The van der Waals surface area contributed by atoms with Crippen LogP contribution in [0.1, 0.15) is 83.3 Å². The van der Waals surface area contributed by atoms with Crippen molar-refractivity contribution in [3.63, 3.8) is 0 Å². The Morgan fingerprint density at radius 3 is 2.52 bits per heavy atom. The molecule has 0 bridgehead atoms. The Morgan fingerprint density at radius 2 is 2.00 bits per heavy atom. The summed E-state index contributed by atoms with van der Waals surface area (Å²) in [6.07, 6.45) is 6.53. The van der Waals surface area contributed by atoms with Gasteiger partial charge < -0.3 is 5.32 Å². The van der Waals surface area contributed by atoms with E-state index in [-0.39, 0.29) is 5.54 Å². The van der Waals surface area contributed by atoms with E-state index in [0.717, 1.165) is 6.04 Å². The zero-order valence-corrected chi connectivity index (χ0v) is 15.0. The highest BCUT2D eigenvalue weighted by Crippen LogP contribution is 2.50. The van der Waals surface area contributed by atoms with Crippen LogP contribution in [0, 0.1) is 11.3 Å². The smallest absolute Gasteiger partial charge is 0.113 e. The monoisotopic (exact) mass is 306 g/mol. The molecule has 2 fully saturated rings. The van der Waals surface area contributed by atoms with Gasteiger partial charge in [0.25, 0.3) is 0 Å². The Hall–Kier alpha value is -0.410. The normalized spacial score (nSPS) is 32.6. The molecule has 0 spiro atoms. The fourth-order valence-electron chi connectivity index (χ4n) is 3.83. The SMILES string of the molecule is CC(C)c1csc(C2(NC3CC3)CCC(C)(C)CC2C)n1. The second-order valence-electron chi connectivity index (χ2n) is 8.39. The van der Waals surface area contributed by atoms with Crippen LogP contribution in [0.15, 0.2) is 5.38 Å². The zero-order valence-electron chi connectivity index (χ0n) is 14.2. The summed E-state index contributed by atoms with van der Waals surface area (Å²) in [5.41, 5.74) is 1.88. The molecular formula is C18H30N2S. The van der Waals surface area contributed by atoms with E-state index < -0.39 is 0 Å². The van der Waals surface area contributed by atoms with Crippen LogP contribution in [0.5, 0.6) is 0 Å². The van der Waals surface area contributed by atoms with Crippen molar-refractivity contribution >= 4 is 11.3 Å². The predicted molar refractivity (Wildman–Crippen MR) is 90.8 cm³/mol. The molecule has 0 radical (unpaired) electrons. The third-order valence-corrected chi connectivity index (χ3v) is 6.47. The number of thiazole rings is 1. The number of hydrogen-bond acceptors (Lipinski definition) is 3. The van der Waals surface area contributed by atoms with Crippen LogP contribution >= 0.6 is 11.3 Å². The molecule has 1 heterocycles. The van der Waals surface area contributed by atoms with Gasteiger partial charge in [-0.05, 0) is 49.4 Å². The first-order valence-corrected chi connectivity index (χ1v) is 9.44. The lowest BCUT2D eigenvalue weighted by molar-refractivity contribution is 0.0697. The van der Waals surface area contributed by atoms with Gasteiger partial charge in [-0.3, -0.25) is 0 Å². The van der Waals surface area contributed by atoms with E-state index >= 15 is 0 Å². The molecule has 2 nitrogen and oxygen atoms in total. The van der Waals surface area contributed by atoms with Crippen LogP contribution in [-0.2, 0) is 5.54 Å². The molecule has 1 aromatic rings. The van der Waals surface area contributed by atoms with Gasteiger partial charge >= 0.3 is 0 Å². The molecule has 0 aromatic carbocycles. The van der Waals surface area contributed by atoms with Gasteiger partial charge in [-0.2, -0.15) is 0 Å². The molecule has 0 aliphatic heterocycles. The third kappa shape index (κ3) is 3.05. The maximum absolute atomic E-state index is 5.04. The van der Waals surface area contributed by atoms with Crippen molar-refractivity contribution in [1.29, 1.82) is 0 Å². The van der Waals surface area contributed by atoms with Crippen LogP contribution in [0.25, 0.3) is 0 Å². The molecule has 1 aromatic heterocycles. The number of nitrogens with zero attached hydrogens (tertiary/aromatic N) is 1. The molecule has 1 N–H and O–H groups in total. The van der Waals surface area contributed by atoms with E-state index in [4.69, 9.17) is 4.98 Å². The minimum atomic E-state index is 0.133. The molecule has 2 saturated carbocycles. The first kappa shape index (κ1) is 15.5. The summed E-state index contributed by atoms with van der Waals surface area (Å²) in [5, 5.41) is 7.64. The van der Waals surface area contributed by atoms with E-state index in [1.807, 2.05) is 11.3 Å². The Kier molecular flexibility index (Phi) is 3.94. The minimum Gasteiger partial charge on any atom is -0.302 e. The van der Waals surface area contributed by atoms with Gasteiger partial charge in [0, 0.05) is 11.4 Å². The fraction of sp³-hybridized carbons (Fsp3) is 0.833. The standard InChI is InChI=1S/C18H30N2S/c1-12(2)15-11-21-16(19-15)18(20-14-6-7-14)9-8-17(4,5)10-13(18)3/h11-14,20H,6-10H2,1-5H3. The summed E-state index contributed by atoms with van der Waals surface area (Å²) in [6, 6.07) is 0.736. The number of rotatable bonds is 4. The number of hydrogen-bond donors (Lipinski definition) is 1. The summed E-state index contributed by atoms with van der Waals surface area (Å²) in [5.74, 6) is 1.19. The lowest BCUT2D eigenvalue weighted by Crippen LogP contribution is -2.53. The lowest BCUT2D eigenvalue weighted by Gasteiger charge is -2.48. The summed E-state index contributed by atoms with van der Waals surface area (Å²) in [6.45, 7) is 11.8. The molecule has 3 rings (SSSR count). The Balaban J connectivity index is 1.92. The molecule has 2 aliphatic carbocycles. The molecule has 0 amide bonds. The highest BCUT2D eigenvalue weighted by molar-refractivity contribution is 7.09. The van der Waals surface area contributed by atoms with Gasteiger partial charge in [0.05, 0.1) is 11.2 Å². The summed E-state index contributed by atoms with van der Waals surface area (Å²) in [4.78, 5) is 5.04. The first-order valence-electron chi connectivity index (χ1n) is 8.56. The predicted octanol–water partition coefficient (Wildman–Crippen LogP) is 5.06. The quantitative estimate of drug-likeness (QED) is 0.841. The van der Waals surface area contributed by atoms with Crippen molar-refractivity contribution in [1.82, 2.24) is 10.3 Å². The lowest BCUT2D eigenvalue weighted by atomic mass is 9.64. The van der Waals surface area contributed by atoms with Crippen LogP contribution in [0.3, 0.4) is 0 Å². The van der Waals surface area contributed by atoms with Crippen molar-refractivity contribution in [2.75, 3.05) is 0 Å². The topological polar surface area (TPSA) is 24.9 Å². The van der Waals surface area contributed by atoms with Crippen molar-refractivity contribution in [2.24, 2.45) is 11.3 Å². The molecular weight excluding hydrogens is 276 g/mol. The maximum atomic E-state index is 5.04. The van der Waals surface area contributed by atoms with E-state index in [1.165, 1.54) is 42.8 Å². The van der Waals surface area contributed by atoms with Gasteiger partial charge in [-0.25, -0.2) is 4.98 Å². The van der Waals surface area contributed by atoms with Crippen LogP contribution in [0.2, 0.25) is 0 Å². The third-order valence-electron chi connectivity index (χ3n) is 5.43. The van der Waals surface area contributed by atoms with Gasteiger partial charge in [0.2, 0.25) is 0 Å². The molecule has 2 unspecified atom stereocenters. The van der Waals surface area contributed by atoms with Crippen molar-refractivity contribution < 1.29 is 0 Å². The minimum absolute atomic E-state index is 0.133. The molecule has 21 heavy (non-hydrogen) atoms. The zero-order chi connectivity index (χ0) is 15.3. The Morgan fingerprint density at radius 1 is 1.29 bits per heavy atom. The maximum Gasteiger partial charge on any atom is 0.113 e. The second kappa shape index (κ2) is 5.34. The highest BCUT2D eigenvalue weighted by Gasteiger charge is 2.48. The first-order chi connectivity index (χ1) is 9.82. The Bertz CT molecular complexity index is 501. The Labute approximate surface area is 133 Å². The van der Waals surface area contributed by atoms with Gasteiger partial charge in [-0.1, -0.05) is 34.6 Å². The number of aromatic nitrogens is 1. The van der Waals surface area contributed by atoms with E-state index in [9.17, 15) is 0 Å². The molecule has 0 saturated heterocycles. The summed E-state index contributed by atoms with van der Waals surface area (Å²) >= 11 is 1.88. The van der Waals surface area contributed by atoms with Crippen molar-refractivity contribution in [2.45, 2.75) is 84.2 Å². The largest absolute Gasteiger partial charge is 0.302 e. The van der Waals surface area contributed by atoms with Crippen LogP contribution in [-0.4, -0.2) is 11.0 Å². The molecule has 3 heteroatoms. The number of nitrogens with one attached hydrogen (secondary N) is 1. The summed E-state index contributed by atoms with van der Waals surface area (Å²) < 4.78 is 0. The van der Waals surface area contributed by atoms with E-state index in [0.29, 0.717) is 17.3 Å². The molecule has 2 atom stereocenters. The second-order valence-corrected chi connectivity index (χ2v) is 9.25.